The van der Waals surface area contributed by atoms with Crippen LogP contribution in [0, 0.1) is 5.92 Å². The van der Waals surface area contributed by atoms with Crippen LogP contribution in [0.1, 0.15) is 61.7 Å². The molecule has 0 spiro atoms. The summed E-state index contributed by atoms with van der Waals surface area (Å²) >= 11 is 0. The van der Waals surface area contributed by atoms with Crippen LogP contribution in [-0.2, 0) is 14.3 Å². The molecule has 0 radical (unpaired) electrons. The average Bonchev–Trinajstić information content (AvgIpc) is 2.92. The van der Waals surface area contributed by atoms with Gasteiger partial charge in [-0.05, 0) is 50.9 Å². The molecule has 3 fully saturated rings. The van der Waals surface area contributed by atoms with E-state index in [0.29, 0.717) is 30.0 Å². The number of carbonyl (C=O) groups is 3. The van der Waals surface area contributed by atoms with E-state index in [9.17, 15) is 14.4 Å². The molecule has 9 heteroatoms. The van der Waals surface area contributed by atoms with Gasteiger partial charge in [0.25, 0.3) is 5.91 Å². The molecule has 4 aliphatic rings. The molecule has 0 aromatic heterocycles. The van der Waals surface area contributed by atoms with Crippen molar-refractivity contribution in [1.29, 1.82) is 0 Å². The first kappa shape index (κ1) is 26.0. The fraction of sp³-hybridized carbons (Fsp3) is 0.679. The number of hydrogen-bond donors (Lipinski definition) is 1. The van der Waals surface area contributed by atoms with Crippen molar-refractivity contribution >= 4 is 23.4 Å². The quantitative estimate of drug-likeness (QED) is 0.667. The smallest absolute Gasteiger partial charge is 0.257 e. The molecule has 0 unspecified atom stereocenters. The van der Waals surface area contributed by atoms with Gasteiger partial charge in [0.15, 0.2) is 0 Å². The van der Waals surface area contributed by atoms with E-state index in [1.165, 1.54) is 6.42 Å². The van der Waals surface area contributed by atoms with Gasteiger partial charge in [0.05, 0.1) is 24.1 Å². The number of nitrogens with zero attached hydrogens (tertiary/aromatic N) is 3. The lowest BCUT2D eigenvalue weighted by molar-refractivity contribution is -0.144. The lowest BCUT2D eigenvalue weighted by atomic mass is 9.88. The maximum absolute atomic E-state index is 13.5. The molecular weight excluding hydrogens is 472 g/mol. The van der Waals surface area contributed by atoms with Crippen LogP contribution in [0.5, 0.6) is 5.75 Å². The monoisotopic (exact) mass is 512 g/mol. The SMILES string of the molecule is CN1CCN(C(=O)C[C@H]2CC[C@H]3[C@@H](COc4ccc(NC(=O)C5CCCCC5)cc4C(=O)N3C)O2)CC1. The van der Waals surface area contributed by atoms with E-state index in [2.05, 4.69) is 17.3 Å². The Hall–Kier alpha value is -2.65. The molecule has 1 N–H and O–H groups in total. The van der Waals surface area contributed by atoms with E-state index in [0.717, 1.165) is 64.7 Å². The second kappa shape index (κ2) is 11.4. The van der Waals surface area contributed by atoms with Gasteiger partial charge in [0.1, 0.15) is 18.5 Å². The molecule has 5 rings (SSSR count). The number of likely N-dealkylation sites (N-methyl/N-ethyl adjacent to an activating group) is 2. The third-order valence-corrected chi connectivity index (χ3v) is 8.51. The van der Waals surface area contributed by atoms with Crippen LogP contribution in [0.25, 0.3) is 0 Å². The van der Waals surface area contributed by atoms with Crippen LogP contribution in [0.15, 0.2) is 18.2 Å². The molecule has 2 saturated heterocycles. The van der Waals surface area contributed by atoms with Crippen molar-refractivity contribution < 1.29 is 23.9 Å². The Labute approximate surface area is 219 Å². The van der Waals surface area contributed by atoms with Gasteiger partial charge in [-0.25, -0.2) is 0 Å². The maximum Gasteiger partial charge on any atom is 0.257 e. The first-order valence-corrected chi connectivity index (χ1v) is 13.9. The molecule has 1 aromatic carbocycles. The zero-order valence-corrected chi connectivity index (χ0v) is 22.1. The topological polar surface area (TPSA) is 91.4 Å². The number of carbonyl (C=O) groups excluding carboxylic acids is 3. The van der Waals surface area contributed by atoms with Gasteiger partial charge >= 0.3 is 0 Å². The van der Waals surface area contributed by atoms with Gasteiger partial charge in [0, 0.05) is 44.8 Å². The standard InChI is InChI=1S/C28H40N4O5/c1-30-12-14-32(15-13-30)26(33)17-21-9-10-23-25(37-21)18-36-24-11-8-20(16-22(24)28(35)31(23)2)29-27(34)19-6-4-3-5-7-19/h8,11,16,19,21,23,25H,3-7,9-10,12-15,17-18H2,1-2H3,(H,29,34)/t21-,23+,25-/m1/s1. The summed E-state index contributed by atoms with van der Waals surface area (Å²) in [5, 5.41) is 3.01. The average molecular weight is 513 g/mol. The van der Waals surface area contributed by atoms with Crippen LogP contribution < -0.4 is 10.1 Å². The van der Waals surface area contributed by atoms with E-state index in [4.69, 9.17) is 9.47 Å². The van der Waals surface area contributed by atoms with E-state index in [1.807, 2.05) is 4.90 Å². The third kappa shape index (κ3) is 5.93. The van der Waals surface area contributed by atoms with Crippen molar-refractivity contribution in [3.8, 4) is 5.75 Å². The summed E-state index contributed by atoms with van der Waals surface area (Å²) in [6.45, 7) is 3.62. The highest BCUT2D eigenvalue weighted by molar-refractivity contribution is 6.00. The maximum atomic E-state index is 13.5. The zero-order valence-electron chi connectivity index (χ0n) is 22.1. The Morgan fingerprint density at radius 3 is 2.51 bits per heavy atom. The highest BCUT2D eigenvalue weighted by Crippen LogP contribution is 2.33. The number of amides is 3. The number of piperazine rings is 1. The number of benzene rings is 1. The van der Waals surface area contributed by atoms with Crippen LogP contribution >= 0.6 is 0 Å². The summed E-state index contributed by atoms with van der Waals surface area (Å²) in [7, 11) is 3.88. The largest absolute Gasteiger partial charge is 0.490 e. The predicted molar refractivity (Wildman–Crippen MR) is 140 cm³/mol. The number of anilines is 1. The molecule has 1 aliphatic carbocycles. The third-order valence-electron chi connectivity index (χ3n) is 8.51. The Balaban J connectivity index is 1.23. The van der Waals surface area contributed by atoms with E-state index >= 15 is 0 Å². The Morgan fingerprint density at radius 2 is 1.76 bits per heavy atom. The summed E-state index contributed by atoms with van der Waals surface area (Å²) in [4.78, 5) is 45.0. The molecule has 202 valence electrons. The van der Waals surface area contributed by atoms with E-state index in [-0.39, 0.29) is 41.9 Å². The Morgan fingerprint density at radius 1 is 1.00 bits per heavy atom. The van der Waals surface area contributed by atoms with Crippen LogP contribution in [-0.4, -0.2) is 97.6 Å². The van der Waals surface area contributed by atoms with Gasteiger partial charge < -0.3 is 29.5 Å². The lowest BCUT2D eigenvalue weighted by Crippen LogP contribution is -2.54. The van der Waals surface area contributed by atoms with Gasteiger partial charge in [-0.3, -0.25) is 14.4 Å². The van der Waals surface area contributed by atoms with Crippen molar-refractivity contribution in [2.75, 3.05) is 52.2 Å². The minimum atomic E-state index is -0.299. The van der Waals surface area contributed by atoms with Gasteiger partial charge in [-0.1, -0.05) is 19.3 Å². The van der Waals surface area contributed by atoms with Crippen molar-refractivity contribution in [3.05, 3.63) is 23.8 Å². The number of ether oxygens (including phenoxy) is 2. The number of nitrogens with one attached hydrogen (secondary N) is 1. The molecular formula is C28H40N4O5. The fourth-order valence-electron chi connectivity index (χ4n) is 6.09. The molecule has 1 aromatic rings. The molecule has 1 saturated carbocycles. The number of fused-ring (bicyclic) bond motifs is 2. The molecule has 3 aliphatic heterocycles. The van der Waals surface area contributed by atoms with Crippen molar-refractivity contribution in [2.24, 2.45) is 5.92 Å². The van der Waals surface area contributed by atoms with E-state index < -0.39 is 0 Å². The number of rotatable bonds is 4. The lowest BCUT2D eigenvalue weighted by Gasteiger charge is -2.42. The van der Waals surface area contributed by atoms with Crippen LogP contribution in [0.3, 0.4) is 0 Å². The van der Waals surface area contributed by atoms with Crippen LogP contribution in [0.2, 0.25) is 0 Å². The van der Waals surface area contributed by atoms with E-state index in [1.54, 1.807) is 30.1 Å². The minimum Gasteiger partial charge on any atom is -0.490 e. The second-order valence-electron chi connectivity index (χ2n) is 11.1. The zero-order chi connectivity index (χ0) is 25.9. The molecule has 3 amide bonds. The molecule has 3 atom stereocenters. The Kier molecular flexibility index (Phi) is 8.00. The summed E-state index contributed by atoms with van der Waals surface area (Å²) in [5.74, 6) is 0.562. The molecule has 37 heavy (non-hydrogen) atoms. The first-order chi connectivity index (χ1) is 17.9. The van der Waals surface area contributed by atoms with Crippen LogP contribution in [0.4, 0.5) is 5.69 Å². The van der Waals surface area contributed by atoms with Gasteiger partial charge in [-0.2, -0.15) is 0 Å². The molecule has 0 bridgehead atoms. The van der Waals surface area contributed by atoms with Crippen molar-refractivity contribution in [1.82, 2.24) is 14.7 Å². The summed E-state index contributed by atoms with van der Waals surface area (Å²) in [5.41, 5.74) is 1.08. The summed E-state index contributed by atoms with van der Waals surface area (Å²) < 4.78 is 12.4. The number of hydrogen-bond acceptors (Lipinski definition) is 6. The van der Waals surface area contributed by atoms with Gasteiger partial charge in [-0.15, -0.1) is 0 Å². The highest BCUT2D eigenvalue weighted by Gasteiger charge is 2.39. The van der Waals surface area contributed by atoms with Crippen molar-refractivity contribution in [3.63, 3.8) is 0 Å². The fourth-order valence-corrected chi connectivity index (χ4v) is 6.09. The normalized spacial score (nSPS) is 27.4. The minimum absolute atomic E-state index is 0.0325. The molecule has 9 nitrogen and oxygen atoms in total. The highest BCUT2D eigenvalue weighted by atomic mass is 16.5. The predicted octanol–water partition coefficient (Wildman–Crippen LogP) is 2.75. The second-order valence-corrected chi connectivity index (χ2v) is 11.1. The Bertz CT molecular complexity index is 1000. The van der Waals surface area contributed by atoms with Crippen molar-refractivity contribution in [2.45, 2.75) is 69.6 Å². The van der Waals surface area contributed by atoms with Gasteiger partial charge in [0.2, 0.25) is 11.8 Å². The summed E-state index contributed by atoms with van der Waals surface area (Å²) in [6, 6.07) is 5.16. The molecule has 3 heterocycles. The summed E-state index contributed by atoms with van der Waals surface area (Å²) in [6.07, 6.45) is 6.60. The first-order valence-electron chi connectivity index (χ1n) is 13.9.